The molecule has 3 heterocycles. The van der Waals surface area contributed by atoms with Gasteiger partial charge in [-0.2, -0.15) is 8.42 Å². The van der Waals surface area contributed by atoms with E-state index in [9.17, 15) is 8.42 Å². The average molecular weight is 204 g/mol. The zero-order valence-electron chi connectivity index (χ0n) is 7.51. The first kappa shape index (κ1) is 8.20. The molecule has 3 aliphatic heterocycles. The predicted molar refractivity (Wildman–Crippen MR) is 44.6 cm³/mol. The lowest BCUT2D eigenvalue weighted by molar-refractivity contribution is 0.0754. The second kappa shape index (κ2) is 2.10. The molecule has 0 spiro atoms. The van der Waals surface area contributed by atoms with E-state index in [0.717, 1.165) is 0 Å². The van der Waals surface area contributed by atoms with Gasteiger partial charge in [0.1, 0.15) is 17.5 Å². The molecular weight excluding hydrogens is 192 g/mol. The monoisotopic (exact) mass is 204 g/mol. The van der Waals surface area contributed by atoms with Gasteiger partial charge in [-0.3, -0.25) is 4.18 Å². The average Bonchev–Trinajstić information content (AvgIpc) is 2.54. The second-order valence-corrected chi connectivity index (χ2v) is 6.02. The molecule has 0 aromatic carbocycles. The van der Waals surface area contributed by atoms with Crippen LogP contribution in [-0.2, 0) is 19.0 Å². The Kier molecular flexibility index (Phi) is 1.32. The molecule has 3 rings (SSSR count). The lowest BCUT2D eigenvalue weighted by Gasteiger charge is -2.22. The van der Waals surface area contributed by atoms with Gasteiger partial charge in [0.15, 0.2) is 0 Å². The molecule has 3 fully saturated rings. The summed E-state index contributed by atoms with van der Waals surface area (Å²) in [5.74, 6) is 0.303. The number of ether oxygens (including phenoxy) is 1. The van der Waals surface area contributed by atoms with Crippen molar-refractivity contribution in [2.75, 3.05) is 0 Å². The first-order valence-electron chi connectivity index (χ1n) is 4.60. The van der Waals surface area contributed by atoms with Crippen molar-refractivity contribution in [2.45, 2.75) is 37.4 Å². The van der Waals surface area contributed by atoms with Gasteiger partial charge in [0.05, 0.1) is 6.10 Å². The summed E-state index contributed by atoms with van der Waals surface area (Å²) in [6.45, 7) is 3.94. The van der Waals surface area contributed by atoms with Gasteiger partial charge in [0, 0.05) is 11.8 Å². The highest BCUT2D eigenvalue weighted by Crippen LogP contribution is 2.52. The minimum atomic E-state index is -3.34. The summed E-state index contributed by atoms with van der Waals surface area (Å²) in [5.41, 5.74) is 0. The van der Waals surface area contributed by atoms with Gasteiger partial charge in [-0.15, -0.1) is 0 Å². The Morgan fingerprint density at radius 1 is 1.00 bits per heavy atom. The molecule has 5 heteroatoms. The number of fused-ring (bicyclic) bond motifs is 1. The van der Waals surface area contributed by atoms with E-state index in [1.54, 1.807) is 0 Å². The molecule has 0 aromatic heterocycles. The fourth-order valence-corrected chi connectivity index (χ4v) is 4.96. The largest absolute Gasteiger partial charge is 0.370 e. The highest BCUT2D eigenvalue weighted by atomic mass is 32.2. The van der Waals surface area contributed by atoms with E-state index in [2.05, 4.69) is 0 Å². The molecule has 3 aliphatic rings. The van der Waals surface area contributed by atoms with Crippen LogP contribution in [0.15, 0.2) is 0 Å². The standard InChI is InChI=1S/C8H12O4S/c1-3-5-4(2)8-7(11-5)6(3)12-13(8,9)10/h3-8H,1-2H3/t3-,4+,5?,6?,7?,8?/m1/s1. The van der Waals surface area contributed by atoms with E-state index in [1.807, 2.05) is 13.8 Å². The van der Waals surface area contributed by atoms with Crippen LogP contribution in [0.2, 0.25) is 0 Å². The summed E-state index contributed by atoms with van der Waals surface area (Å²) in [5, 5.41) is -0.404. The first-order valence-corrected chi connectivity index (χ1v) is 6.07. The third-order valence-electron chi connectivity index (χ3n) is 3.61. The molecule has 13 heavy (non-hydrogen) atoms. The number of hydrogen-bond acceptors (Lipinski definition) is 4. The Bertz CT molecular complexity index is 349. The van der Waals surface area contributed by atoms with Crippen molar-refractivity contribution in [3.05, 3.63) is 0 Å². The molecule has 74 valence electrons. The van der Waals surface area contributed by atoms with Crippen molar-refractivity contribution >= 4 is 10.1 Å². The van der Waals surface area contributed by atoms with Gasteiger partial charge < -0.3 is 4.74 Å². The fraction of sp³-hybridized carbons (Fsp3) is 1.00. The summed E-state index contributed by atoms with van der Waals surface area (Å²) in [7, 11) is -3.34. The summed E-state index contributed by atoms with van der Waals surface area (Å²) < 4.78 is 33.7. The van der Waals surface area contributed by atoms with Crippen LogP contribution in [0.1, 0.15) is 13.8 Å². The Hall–Kier alpha value is -0.130. The molecule has 2 bridgehead atoms. The van der Waals surface area contributed by atoms with E-state index in [-0.39, 0.29) is 30.1 Å². The van der Waals surface area contributed by atoms with Crippen molar-refractivity contribution in [2.24, 2.45) is 11.8 Å². The van der Waals surface area contributed by atoms with Crippen LogP contribution in [0.5, 0.6) is 0 Å². The Balaban J connectivity index is 2.14. The van der Waals surface area contributed by atoms with Gasteiger partial charge >= 0.3 is 0 Å². The maximum Gasteiger partial charge on any atom is 0.273 e. The van der Waals surface area contributed by atoms with Gasteiger partial charge in [-0.25, -0.2) is 0 Å². The lowest BCUT2D eigenvalue weighted by atomic mass is 9.81. The number of rotatable bonds is 0. The molecule has 0 aromatic rings. The molecule has 3 saturated heterocycles. The molecular formula is C8H12O4S. The fourth-order valence-electron chi connectivity index (χ4n) is 3.01. The zero-order chi connectivity index (χ0) is 9.38. The van der Waals surface area contributed by atoms with Crippen LogP contribution in [0, 0.1) is 11.8 Å². The van der Waals surface area contributed by atoms with Crippen LogP contribution in [0.25, 0.3) is 0 Å². The van der Waals surface area contributed by atoms with Crippen LogP contribution in [0.3, 0.4) is 0 Å². The molecule has 0 saturated carbocycles. The maximum absolute atomic E-state index is 11.5. The summed E-state index contributed by atoms with van der Waals surface area (Å²) in [4.78, 5) is 0. The van der Waals surface area contributed by atoms with Gasteiger partial charge in [0.25, 0.3) is 10.1 Å². The van der Waals surface area contributed by atoms with E-state index < -0.39 is 15.4 Å². The van der Waals surface area contributed by atoms with Gasteiger partial charge in [-0.05, 0) is 0 Å². The Labute approximate surface area is 77.3 Å². The van der Waals surface area contributed by atoms with E-state index in [0.29, 0.717) is 0 Å². The molecule has 0 N–H and O–H groups in total. The summed E-state index contributed by atoms with van der Waals surface area (Å²) >= 11 is 0. The predicted octanol–water partition coefficient (Wildman–Crippen LogP) is 0.137. The highest BCUT2D eigenvalue weighted by Gasteiger charge is 2.67. The SMILES string of the molecule is C[C@H]1C2OS(=O)(=O)C3C2OC1[C@@H]3C. The van der Waals surface area contributed by atoms with Crippen molar-refractivity contribution in [3.8, 4) is 0 Å². The minimum absolute atomic E-state index is 0.0808. The van der Waals surface area contributed by atoms with E-state index in [1.165, 1.54) is 0 Å². The summed E-state index contributed by atoms with van der Waals surface area (Å²) in [6, 6.07) is 0. The van der Waals surface area contributed by atoms with Crippen LogP contribution in [0.4, 0.5) is 0 Å². The lowest BCUT2D eigenvalue weighted by Crippen LogP contribution is -2.38. The van der Waals surface area contributed by atoms with Crippen molar-refractivity contribution in [1.82, 2.24) is 0 Å². The van der Waals surface area contributed by atoms with Crippen LogP contribution in [-0.4, -0.2) is 32.0 Å². The van der Waals surface area contributed by atoms with E-state index in [4.69, 9.17) is 8.92 Å². The Morgan fingerprint density at radius 2 is 1.69 bits per heavy atom. The highest BCUT2D eigenvalue weighted by molar-refractivity contribution is 7.87. The molecule has 0 radical (unpaired) electrons. The minimum Gasteiger partial charge on any atom is -0.370 e. The molecule has 0 amide bonds. The molecule has 4 nitrogen and oxygen atoms in total. The second-order valence-electron chi connectivity index (χ2n) is 4.30. The first-order chi connectivity index (χ1) is 6.02. The van der Waals surface area contributed by atoms with Crippen LogP contribution >= 0.6 is 0 Å². The van der Waals surface area contributed by atoms with Crippen LogP contribution < -0.4 is 0 Å². The van der Waals surface area contributed by atoms with Crippen molar-refractivity contribution in [1.29, 1.82) is 0 Å². The van der Waals surface area contributed by atoms with Crippen molar-refractivity contribution < 1.29 is 17.3 Å². The topological polar surface area (TPSA) is 52.6 Å². The smallest absolute Gasteiger partial charge is 0.273 e. The maximum atomic E-state index is 11.5. The molecule has 6 atom stereocenters. The third-order valence-corrected chi connectivity index (χ3v) is 5.47. The number of hydrogen-bond donors (Lipinski definition) is 0. The van der Waals surface area contributed by atoms with Gasteiger partial charge in [-0.1, -0.05) is 13.8 Å². The zero-order valence-corrected chi connectivity index (χ0v) is 8.32. The summed E-state index contributed by atoms with van der Waals surface area (Å²) in [6.07, 6.45) is -0.325. The van der Waals surface area contributed by atoms with Gasteiger partial charge in [0.2, 0.25) is 0 Å². The third kappa shape index (κ3) is 0.765. The normalized spacial score (nSPS) is 61.7. The molecule has 4 unspecified atom stereocenters. The molecule has 0 aliphatic carbocycles. The van der Waals surface area contributed by atoms with E-state index >= 15 is 0 Å². The van der Waals surface area contributed by atoms with Crippen molar-refractivity contribution in [3.63, 3.8) is 0 Å². The quantitative estimate of drug-likeness (QED) is 0.526. The Morgan fingerprint density at radius 3 is 2.31 bits per heavy atom.